The number of unbranched alkanes of at least 4 members (excludes halogenated alkanes) is 3. The van der Waals surface area contributed by atoms with E-state index in [0.29, 0.717) is 18.1 Å². The van der Waals surface area contributed by atoms with E-state index < -0.39 is 8.32 Å². The Bertz CT molecular complexity index is 336. The lowest BCUT2D eigenvalue weighted by Gasteiger charge is -2.39. The standard InChI is InChI=1S/C17H33ClO2Si/c1-17(2,3)21(4,5)20-16-13-15(19)12-14(16)10-8-6-7-9-11-18/h14,16H,6-13H2,1-5H3/t14-,16-/m0/s1. The predicted octanol–water partition coefficient (Wildman–Crippen LogP) is 5.55. The highest BCUT2D eigenvalue weighted by Crippen LogP contribution is 2.41. The van der Waals surface area contributed by atoms with Gasteiger partial charge in [-0.05, 0) is 36.9 Å². The SMILES string of the molecule is CC(C)(C)[Si](C)(C)O[C@H]1CC(=O)C[C@@H]1CCCCCCCl. The Balaban J connectivity index is 2.49. The minimum absolute atomic E-state index is 0.173. The number of ketones is 1. The van der Waals surface area contributed by atoms with Gasteiger partial charge < -0.3 is 4.43 Å². The zero-order chi connectivity index (χ0) is 16.1. The molecule has 2 nitrogen and oxygen atoms in total. The lowest BCUT2D eigenvalue weighted by atomic mass is 9.98. The van der Waals surface area contributed by atoms with Gasteiger partial charge in [0.2, 0.25) is 0 Å². The topological polar surface area (TPSA) is 26.3 Å². The fourth-order valence-corrected chi connectivity index (χ4v) is 4.31. The van der Waals surface area contributed by atoms with E-state index in [1.54, 1.807) is 0 Å². The Morgan fingerprint density at radius 1 is 1.14 bits per heavy atom. The minimum atomic E-state index is -1.77. The van der Waals surface area contributed by atoms with E-state index in [2.05, 4.69) is 33.9 Å². The first-order chi connectivity index (χ1) is 9.67. The van der Waals surface area contributed by atoms with Crippen molar-refractivity contribution >= 4 is 25.7 Å². The average molecular weight is 333 g/mol. The van der Waals surface area contributed by atoms with Crippen LogP contribution in [0.25, 0.3) is 0 Å². The van der Waals surface area contributed by atoms with E-state index >= 15 is 0 Å². The van der Waals surface area contributed by atoms with Crippen LogP contribution in [0.4, 0.5) is 0 Å². The molecule has 0 bridgehead atoms. The van der Waals surface area contributed by atoms with Gasteiger partial charge in [0.15, 0.2) is 8.32 Å². The number of carbonyl (C=O) groups is 1. The highest BCUT2D eigenvalue weighted by atomic mass is 35.5. The van der Waals surface area contributed by atoms with Gasteiger partial charge in [0, 0.05) is 18.7 Å². The molecule has 0 aromatic rings. The summed E-state index contributed by atoms with van der Waals surface area (Å²) >= 11 is 5.71. The van der Waals surface area contributed by atoms with E-state index in [1.165, 1.54) is 19.3 Å². The first-order valence-electron chi connectivity index (χ1n) is 8.43. The molecule has 0 heterocycles. The highest BCUT2D eigenvalue weighted by molar-refractivity contribution is 6.74. The van der Waals surface area contributed by atoms with Crippen LogP contribution < -0.4 is 0 Å². The minimum Gasteiger partial charge on any atom is -0.413 e. The van der Waals surface area contributed by atoms with Crippen molar-refractivity contribution in [2.75, 3.05) is 5.88 Å². The second kappa shape index (κ2) is 8.12. The molecular weight excluding hydrogens is 300 g/mol. The van der Waals surface area contributed by atoms with E-state index in [4.69, 9.17) is 16.0 Å². The first kappa shape index (κ1) is 19.2. The average Bonchev–Trinajstić information content (AvgIpc) is 2.67. The Morgan fingerprint density at radius 3 is 2.33 bits per heavy atom. The lowest BCUT2D eigenvalue weighted by Crippen LogP contribution is -2.44. The zero-order valence-corrected chi connectivity index (χ0v) is 16.3. The van der Waals surface area contributed by atoms with Crippen molar-refractivity contribution in [3.05, 3.63) is 0 Å². The second-order valence-corrected chi connectivity index (χ2v) is 13.1. The largest absolute Gasteiger partial charge is 0.413 e. The van der Waals surface area contributed by atoms with Gasteiger partial charge in [0.25, 0.3) is 0 Å². The predicted molar refractivity (Wildman–Crippen MR) is 93.6 cm³/mol. The van der Waals surface area contributed by atoms with Gasteiger partial charge in [0.1, 0.15) is 5.78 Å². The molecule has 1 saturated carbocycles. The molecule has 1 aliphatic carbocycles. The molecular formula is C17H33ClO2Si. The van der Waals surface area contributed by atoms with Crippen molar-refractivity contribution in [3.63, 3.8) is 0 Å². The van der Waals surface area contributed by atoms with Crippen molar-refractivity contribution < 1.29 is 9.22 Å². The van der Waals surface area contributed by atoms with Crippen LogP contribution in [0.5, 0.6) is 0 Å². The maximum absolute atomic E-state index is 11.9. The molecule has 0 saturated heterocycles. The number of hydrogen-bond acceptors (Lipinski definition) is 2. The fourth-order valence-electron chi connectivity index (χ4n) is 2.73. The quantitative estimate of drug-likeness (QED) is 0.331. The molecule has 0 aromatic carbocycles. The summed E-state index contributed by atoms with van der Waals surface area (Å²) in [5.74, 6) is 1.60. The van der Waals surface area contributed by atoms with E-state index in [1.807, 2.05) is 0 Å². The van der Waals surface area contributed by atoms with Crippen LogP contribution in [0.2, 0.25) is 18.1 Å². The number of Topliss-reactive ketones (excluding diaryl/α,β-unsaturated/α-hetero) is 1. The van der Waals surface area contributed by atoms with Gasteiger partial charge in [-0.25, -0.2) is 0 Å². The maximum Gasteiger partial charge on any atom is 0.192 e. The summed E-state index contributed by atoms with van der Waals surface area (Å²) < 4.78 is 6.52. The Hall–Kier alpha value is 0.137. The molecule has 0 radical (unpaired) electrons. The molecule has 0 N–H and O–H groups in total. The number of hydrogen-bond donors (Lipinski definition) is 0. The van der Waals surface area contributed by atoms with Crippen molar-refractivity contribution in [3.8, 4) is 0 Å². The van der Waals surface area contributed by atoms with Crippen molar-refractivity contribution in [1.82, 2.24) is 0 Å². The normalized spacial score (nSPS) is 23.8. The molecule has 0 spiro atoms. The van der Waals surface area contributed by atoms with Crippen molar-refractivity contribution in [2.45, 2.75) is 90.0 Å². The summed E-state index contributed by atoms with van der Waals surface area (Å²) in [7, 11) is -1.77. The maximum atomic E-state index is 11.9. The molecule has 124 valence electrons. The molecule has 1 aliphatic rings. The molecule has 0 unspecified atom stereocenters. The molecule has 2 atom stereocenters. The Kier molecular flexibility index (Phi) is 7.42. The third kappa shape index (κ3) is 6.03. The smallest absolute Gasteiger partial charge is 0.192 e. The van der Waals surface area contributed by atoms with Crippen LogP contribution >= 0.6 is 11.6 Å². The first-order valence-corrected chi connectivity index (χ1v) is 11.9. The van der Waals surface area contributed by atoms with Crippen LogP contribution in [0, 0.1) is 5.92 Å². The fraction of sp³-hybridized carbons (Fsp3) is 0.941. The summed E-state index contributed by atoms with van der Waals surface area (Å²) in [6.07, 6.45) is 7.41. The van der Waals surface area contributed by atoms with E-state index in [0.717, 1.165) is 25.1 Å². The van der Waals surface area contributed by atoms with Gasteiger partial charge in [-0.15, -0.1) is 11.6 Å². The van der Waals surface area contributed by atoms with Gasteiger partial charge in [-0.2, -0.15) is 0 Å². The summed E-state index contributed by atoms with van der Waals surface area (Å²) in [6, 6.07) is 0. The summed E-state index contributed by atoms with van der Waals surface area (Å²) in [5, 5.41) is 0.212. The third-order valence-electron chi connectivity index (χ3n) is 5.16. The molecule has 1 rings (SSSR count). The van der Waals surface area contributed by atoms with E-state index in [-0.39, 0.29) is 11.1 Å². The van der Waals surface area contributed by atoms with Crippen molar-refractivity contribution in [1.29, 1.82) is 0 Å². The second-order valence-electron chi connectivity index (χ2n) is 8.02. The van der Waals surface area contributed by atoms with Crippen LogP contribution in [0.1, 0.15) is 65.7 Å². The highest BCUT2D eigenvalue weighted by Gasteiger charge is 2.43. The molecule has 21 heavy (non-hydrogen) atoms. The monoisotopic (exact) mass is 332 g/mol. The number of alkyl halides is 1. The van der Waals surface area contributed by atoms with Crippen LogP contribution in [-0.4, -0.2) is 26.1 Å². The molecule has 4 heteroatoms. The van der Waals surface area contributed by atoms with Gasteiger partial charge in [0.05, 0.1) is 6.10 Å². The van der Waals surface area contributed by atoms with Gasteiger partial charge >= 0.3 is 0 Å². The van der Waals surface area contributed by atoms with Crippen LogP contribution in [0.3, 0.4) is 0 Å². The number of rotatable bonds is 8. The number of halogens is 1. The molecule has 1 fully saturated rings. The number of carbonyl (C=O) groups excluding carboxylic acids is 1. The van der Waals surface area contributed by atoms with E-state index in [9.17, 15) is 4.79 Å². The third-order valence-corrected chi connectivity index (χ3v) is 9.93. The summed E-state index contributed by atoms with van der Waals surface area (Å²) in [5.41, 5.74) is 0. The lowest BCUT2D eigenvalue weighted by molar-refractivity contribution is -0.117. The molecule has 0 amide bonds. The van der Waals surface area contributed by atoms with Crippen molar-refractivity contribution in [2.24, 2.45) is 5.92 Å². The summed E-state index contributed by atoms with van der Waals surface area (Å²) in [6.45, 7) is 11.4. The van der Waals surface area contributed by atoms with Gasteiger partial charge in [-0.1, -0.05) is 40.0 Å². The van der Waals surface area contributed by atoms with Crippen LogP contribution in [0.15, 0.2) is 0 Å². The Labute approximate surface area is 137 Å². The summed E-state index contributed by atoms with van der Waals surface area (Å²) in [4.78, 5) is 11.9. The molecule has 0 aromatic heterocycles. The Morgan fingerprint density at radius 2 is 1.76 bits per heavy atom. The molecule has 0 aliphatic heterocycles. The van der Waals surface area contributed by atoms with Crippen LogP contribution in [-0.2, 0) is 9.22 Å². The zero-order valence-electron chi connectivity index (χ0n) is 14.5. The van der Waals surface area contributed by atoms with Gasteiger partial charge in [-0.3, -0.25) is 4.79 Å².